The zero-order valence-corrected chi connectivity index (χ0v) is 8.39. The molecule has 0 aliphatic rings. The zero-order valence-electron chi connectivity index (χ0n) is 8.39. The van der Waals surface area contributed by atoms with Gasteiger partial charge in [0.15, 0.2) is 0 Å². The summed E-state index contributed by atoms with van der Waals surface area (Å²) in [6.07, 6.45) is 1.87. The van der Waals surface area contributed by atoms with Gasteiger partial charge in [-0.25, -0.2) is 0 Å². The van der Waals surface area contributed by atoms with Crippen LogP contribution in [0.5, 0.6) is 0 Å². The Morgan fingerprint density at radius 3 is 2.42 bits per heavy atom. The van der Waals surface area contributed by atoms with Gasteiger partial charge in [0.25, 0.3) is 0 Å². The van der Waals surface area contributed by atoms with E-state index in [1.165, 1.54) is 0 Å². The summed E-state index contributed by atoms with van der Waals surface area (Å²) in [5.74, 6) is -0.326. The van der Waals surface area contributed by atoms with E-state index in [1.54, 1.807) is 6.92 Å². The summed E-state index contributed by atoms with van der Waals surface area (Å²) in [7, 11) is 0. The first kappa shape index (κ1) is 11.4. The third kappa shape index (κ3) is 4.34. The topological polar surface area (TPSA) is 52.3 Å². The maximum atomic E-state index is 11.1. The highest BCUT2D eigenvalue weighted by Gasteiger charge is 2.23. The first-order valence-corrected chi connectivity index (χ1v) is 4.37. The molecule has 0 aliphatic heterocycles. The lowest BCUT2D eigenvalue weighted by molar-refractivity contribution is -0.158. The van der Waals surface area contributed by atoms with Crippen molar-refractivity contribution in [1.82, 2.24) is 0 Å². The van der Waals surface area contributed by atoms with Crippen molar-refractivity contribution in [2.45, 2.75) is 52.2 Å². The molecule has 0 fully saturated rings. The summed E-state index contributed by atoms with van der Waals surface area (Å²) >= 11 is 0. The lowest BCUT2D eigenvalue weighted by Crippen LogP contribution is -2.36. The van der Waals surface area contributed by atoms with Gasteiger partial charge in [0.2, 0.25) is 0 Å². The van der Waals surface area contributed by atoms with Gasteiger partial charge in [-0.15, -0.1) is 0 Å². The van der Waals surface area contributed by atoms with E-state index >= 15 is 0 Å². The minimum Gasteiger partial charge on any atom is -0.459 e. The second kappa shape index (κ2) is 4.45. The van der Waals surface area contributed by atoms with E-state index in [9.17, 15) is 4.79 Å². The molecule has 0 aromatic rings. The summed E-state index contributed by atoms with van der Waals surface area (Å²) in [6, 6.07) is -0.527. The molecule has 0 amide bonds. The third-order valence-corrected chi connectivity index (χ3v) is 1.60. The summed E-state index contributed by atoms with van der Waals surface area (Å²) in [4.78, 5) is 11.1. The van der Waals surface area contributed by atoms with E-state index in [0.717, 1.165) is 12.8 Å². The molecule has 0 rings (SSSR count). The molecule has 0 saturated carbocycles. The third-order valence-electron chi connectivity index (χ3n) is 1.60. The Hall–Kier alpha value is -0.570. The van der Waals surface area contributed by atoms with Crippen LogP contribution in [0.4, 0.5) is 0 Å². The van der Waals surface area contributed by atoms with Crippen molar-refractivity contribution in [3.05, 3.63) is 0 Å². The van der Waals surface area contributed by atoms with E-state index < -0.39 is 6.04 Å². The number of nitrogens with two attached hydrogens (primary N) is 1. The first-order valence-electron chi connectivity index (χ1n) is 4.37. The van der Waals surface area contributed by atoms with E-state index in [0.29, 0.717) is 0 Å². The molecule has 0 saturated heterocycles. The van der Waals surface area contributed by atoms with Crippen molar-refractivity contribution in [1.29, 1.82) is 0 Å². The molecule has 0 aromatic carbocycles. The minimum atomic E-state index is -0.527. The molecular formula is C9H19NO2. The van der Waals surface area contributed by atoms with Crippen molar-refractivity contribution >= 4 is 5.97 Å². The summed E-state index contributed by atoms with van der Waals surface area (Å²) in [5.41, 5.74) is 4.99. The number of carbonyl (C=O) groups is 1. The molecule has 0 radical (unpaired) electrons. The maximum absolute atomic E-state index is 11.1. The van der Waals surface area contributed by atoms with Crippen molar-refractivity contribution < 1.29 is 9.53 Å². The fourth-order valence-electron chi connectivity index (χ4n) is 1.02. The van der Waals surface area contributed by atoms with Crippen LogP contribution in [-0.2, 0) is 9.53 Å². The lowest BCUT2D eigenvalue weighted by atomic mass is 10.0. The predicted molar refractivity (Wildman–Crippen MR) is 48.7 cm³/mol. The van der Waals surface area contributed by atoms with Gasteiger partial charge in [-0.1, -0.05) is 13.3 Å². The molecular weight excluding hydrogens is 154 g/mol. The molecule has 1 atom stereocenters. The summed E-state index contributed by atoms with van der Waals surface area (Å²) in [5, 5.41) is 0. The lowest BCUT2D eigenvalue weighted by Gasteiger charge is -2.25. The largest absolute Gasteiger partial charge is 0.459 e. The minimum absolute atomic E-state index is 0.326. The molecule has 0 aliphatic carbocycles. The number of esters is 1. The molecule has 0 heterocycles. The highest BCUT2D eigenvalue weighted by atomic mass is 16.6. The summed E-state index contributed by atoms with van der Waals surface area (Å²) in [6.45, 7) is 7.49. The summed E-state index contributed by atoms with van der Waals surface area (Å²) < 4.78 is 5.18. The van der Waals surface area contributed by atoms with Crippen molar-refractivity contribution in [2.75, 3.05) is 0 Å². The molecule has 72 valence electrons. The first-order chi connectivity index (χ1) is 5.39. The Balaban J connectivity index is 3.96. The molecule has 0 spiro atoms. The van der Waals surface area contributed by atoms with Crippen LogP contribution in [0.1, 0.15) is 40.5 Å². The fourth-order valence-corrected chi connectivity index (χ4v) is 1.02. The van der Waals surface area contributed by atoms with Gasteiger partial charge in [-0.2, -0.15) is 0 Å². The Labute approximate surface area is 74.3 Å². The predicted octanol–water partition coefficient (Wildman–Crippen LogP) is 1.46. The van der Waals surface area contributed by atoms with Gasteiger partial charge in [0, 0.05) is 0 Å². The SMILES string of the molecule is CCCC(C)(C)OC(=O)[C@H](C)N. The standard InChI is InChI=1S/C9H19NO2/c1-5-6-9(3,4)12-8(11)7(2)10/h7H,5-6,10H2,1-4H3/t7-/m0/s1. The second-order valence-electron chi connectivity index (χ2n) is 3.72. The van der Waals surface area contributed by atoms with Crippen molar-refractivity contribution in [3.8, 4) is 0 Å². The van der Waals surface area contributed by atoms with Crippen molar-refractivity contribution in [3.63, 3.8) is 0 Å². The Bertz CT molecular complexity index is 153. The average molecular weight is 173 g/mol. The number of ether oxygens (including phenoxy) is 1. The van der Waals surface area contributed by atoms with Crippen LogP contribution in [-0.4, -0.2) is 17.6 Å². The highest BCUT2D eigenvalue weighted by molar-refractivity contribution is 5.75. The average Bonchev–Trinajstić information content (AvgIpc) is 1.85. The van der Waals surface area contributed by atoms with E-state index in [1.807, 2.05) is 13.8 Å². The number of hydrogen-bond acceptors (Lipinski definition) is 3. The van der Waals surface area contributed by atoms with Crippen molar-refractivity contribution in [2.24, 2.45) is 5.73 Å². The Kier molecular flexibility index (Phi) is 4.24. The second-order valence-corrected chi connectivity index (χ2v) is 3.72. The van der Waals surface area contributed by atoms with E-state index in [2.05, 4.69) is 6.92 Å². The van der Waals surface area contributed by atoms with E-state index in [-0.39, 0.29) is 11.6 Å². The maximum Gasteiger partial charge on any atom is 0.323 e. The molecule has 2 N–H and O–H groups in total. The van der Waals surface area contributed by atoms with E-state index in [4.69, 9.17) is 10.5 Å². The van der Waals surface area contributed by atoms with Gasteiger partial charge in [0.1, 0.15) is 11.6 Å². The molecule has 12 heavy (non-hydrogen) atoms. The van der Waals surface area contributed by atoms with Crippen LogP contribution in [0.2, 0.25) is 0 Å². The monoisotopic (exact) mass is 173 g/mol. The molecule has 0 unspecified atom stereocenters. The van der Waals surface area contributed by atoms with Gasteiger partial charge in [-0.3, -0.25) is 4.79 Å². The van der Waals surface area contributed by atoms with Crippen LogP contribution < -0.4 is 5.73 Å². The number of hydrogen-bond donors (Lipinski definition) is 1. The smallest absolute Gasteiger partial charge is 0.323 e. The highest BCUT2D eigenvalue weighted by Crippen LogP contribution is 2.16. The normalized spacial score (nSPS) is 14.1. The van der Waals surface area contributed by atoms with Gasteiger partial charge >= 0.3 is 5.97 Å². The van der Waals surface area contributed by atoms with Crippen LogP contribution in [0.3, 0.4) is 0 Å². The van der Waals surface area contributed by atoms with Gasteiger partial charge < -0.3 is 10.5 Å². The molecule has 0 aromatic heterocycles. The van der Waals surface area contributed by atoms with Crippen LogP contribution in [0, 0.1) is 0 Å². The zero-order chi connectivity index (χ0) is 9.78. The molecule has 3 heteroatoms. The van der Waals surface area contributed by atoms with Gasteiger partial charge in [-0.05, 0) is 27.2 Å². The fraction of sp³-hybridized carbons (Fsp3) is 0.889. The molecule has 3 nitrogen and oxygen atoms in total. The van der Waals surface area contributed by atoms with Crippen LogP contribution in [0.25, 0.3) is 0 Å². The quantitative estimate of drug-likeness (QED) is 0.655. The molecule has 0 bridgehead atoms. The van der Waals surface area contributed by atoms with Gasteiger partial charge in [0.05, 0.1) is 0 Å². The van der Waals surface area contributed by atoms with Crippen LogP contribution >= 0.6 is 0 Å². The number of rotatable bonds is 4. The Morgan fingerprint density at radius 2 is 2.08 bits per heavy atom. The Morgan fingerprint density at radius 1 is 1.58 bits per heavy atom. The number of carbonyl (C=O) groups excluding carboxylic acids is 1. The van der Waals surface area contributed by atoms with Crippen LogP contribution in [0.15, 0.2) is 0 Å².